The first-order valence-corrected chi connectivity index (χ1v) is 16.9. The number of ketones is 1. The molecule has 224 valence electrons. The van der Waals surface area contributed by atoms with Crippen LogP contribution in [0.5, 0.6) is 5.75 Å². The average molecular weight is 753 g/mol. The summed E-state index contributed by atoms with van der Waals surface area (Å²) < 4.78 is 30.5. The van der Waals surface area contributed by atoms with Crippen molar-refractivity contribution in [3.8, 4) is 5.75 Å². The van der Waals surface area contributed by atoms with Gasteiger partial charge in [-0.2, -0.15) is 13.4 Å². The third kappa shape index (κ3) is 6.43. The topological polar surface area (TPSA) is 118 Å². The van der Waals surface area contributed by atoms with E-state index in [0.717, 1.165) is 15.6 Å². The summed E-state index contributed by atoms with van der Waals surface area (Å²) in [6.45, 7) is 1.19. The zero-order chi connectivity index (χ0) is 31.1. The van der Waals surface area contributed by atoms with E-state index in [1.165, 1.54) is 48.5 Å². The molecule has 3 amide bonds. The fraction of sp³-hybridized carbons (Fsp3) is 0.267. The molecule has 9 nitrogen and oxygen atoms in total. The third-order valence-electron chi connectivity index (χ3n) is 7.45. The van der Waals surface area contributed by atoms with Gasteiger partial charge in [0.15, 0.2) is 5.78 Å². The van der Waals surface area contributed by atoms with Crippen LogP contribution in [0, 0.1) is 18.8 Å². The van der Waals surface area contributed by atoms with Crippen LogP contribution in [0.15, 0.2) is 77.7 Å². The second-order valence-corrected chi connectivity index (χ2v) is 14.7. The number of carbonyl (C=O) groups is 4. The van der Waals surface area contributed by atoms with Gasteiger partial charge < -0.3 is 4.18 Å². The first-order chi connectivity index (χ1) is 20.4. The number of hydrogen-bond acceptors (Lipinski definition) is 7. The van der Waals surface area contributed by atoms with Gasteiger partial charge in [0.1, 0.15) is 17.2 Å². The smallest absolute Gasteiger partial charge is 0.339 e. The van der Waals surface area contributed by atoms with Gasteiger partial charge in [0, 0.05) is 15.2 Å². The molecule has 0 unspecified atom stereocenters. The number of benzene rings is 3. The highest BCUT2D eigenvalue weighted by Gasteiger charge is 2.54. The van der Waals surface area contributed by atoms with Crippen LogP contribution in [-0.2, 0) is 19.7 Å². The summed E-state index contributed by atoms with van der Waals surface area (Å²) in [5, 5.41) is 1.74. The van der Waals surface area contributed by atoms with E-state index >= 15 is 0 Å². The number of halogens is 3. The quantitative estimate of drug-likeness (QED) is 0.128. The van der Waals surface area contributed by atoms with Crippen molar-refractivity contribution in [2.24, 2.45) is 11.8 Å². The largest absolute Gasteiger partial charge is 0.379 e. The van der Waals surface area contributed by atoms with Crippen LogP contribution < -0.4 is 4.18 Å². The van der Waals surface area contributed by atoms with Crippen molar-refractivity contribution in [2.45, 2.75) is 34.3 Å². The normalized spacial score (nSPS) is 21.8. The molecule has 1 saturated carbocycles. The van der Waals surface area contributed by atoms with E-state index in [4.69, 9.17) is 15.8 Å². The molecule has 1 saturated heterocycles. The molecule has 0 spiro atoms. The van der Waals surface area contributed by atoms with E-state index in [2.05, 4.69) is 31.9 Å². The Hall–Kier alpha value is -3.06. The van der Waals surface area contributed by atoms with Gasteiger partial charge in [0.05, 0.1) is 22.4 Å². The van der Waals surface area contributed by atoms with Crippen molar-refractivity contribution in [2.75, 3.05) is 6.54 Å². The molecule has 0 radical (unpaired) electrons. The monoisotopic (exact) mass is 750 g/mol. The van der Waals surface area contributed by atoms with E-state index in [-0.39, 0.29) is 36.4 Å². The number of imide groups is 1. The number of rotatable bonds is 8. The van der Waals surface area contributed by atoms with Crippen molar-refractivity contribution in [1.29, 1.82) is 0 Å². The van der Waals surface area contributed by atoms with Gasteiger partial charge in [-0.1, -0.05) is 73.3 Å². The molecule has 3 aromatic rings. The average Bonchev–Trinajstić information content (AvgIpc) is 3.20. The number of amides is 3. The van der Waals surface area contributed by atoms with Crippen molar-refractivity contribution < 1.29 is 31.8 Å². The molecule has 1 heterocycles. The van der Waals surface area contributed by atoms with Crippen LogP contribution in [0.4, 0.5) is 0 Å². The number of hydrazine groups is 1. The molecule has 2 aliphatic rings. The number of carbonyl (C=O) groups excluding carboxylic acids is 4. The van der Waals surface area contributed by atoms with Gasteiger partial charge in [0.25, 0.3) is 17.7 Å². The lowest BCUT2D eigenvalue weighted by Crippen LogP contribution is -2.52. The maximum atomic E-state index is 13.7. The maximum absolute atomic E-state index is 13.7. The summed E-state index contributed by atoms with van der Waals surface area (Å²) in [5.74, 6) is -3.81. The number of alkyl halides is 2. The highest BCUT2D eigenvalue weighted by atomic mass is 79.9. The predicted octanol–water partition coefficient (Wildman–Crippen LogP) is 5.58. The summed E-state index contributed by atoms with van der Waals surface area (Å²) in [7, 11) is -4.11. The predicted molar refractivity (Wildman–Crippen MR) is 166 cm³/mol. The molecule has 43 heavy (non-hydrogen) atoms. The highest BCUT2D eigenvalue weighted by molar-refractivity contribution is 9.12. The first kappa shape index (κ1) is 31.4. The Kier molecular flexibility index (Phi) is 9.12. The lowest BCUT2D eigenvalue weighted by Gasteiger charge is -2.30. The number of Topliss-reactive ketones (excluding diaryl/α,β-unsaturated/α-hetero) is 1. The molecule has 1 aliphatic carbocycles. The van der Waals surface area contributed by atoms with Crippen LogP contribution in [0.3, 0.4) is 0 Å². The molecule has 4 atom stereocenters. The van der Waals surface area contributed by atoms with Gasteiger partial charge in [0.2, 0.25) is 0 Å². The molecule has 0 aromatic heterocycles. The number of nitrogens with zero attached hydrogens (tertiary/aromatic N) is 2. The van der Waals surface area contributed by atoms with Gasteiger partial charge in [-0.15, -0.1) is 0 Å². The van der Waals surface area contributed by atoms with Gasteiger partial charge in [-0.25, -0.2) is 5.01 Å². The van der Waals surface area contributed by atoms with Crippen molar-refractivity contribution in [3.05, 3.63) is 94.5 Å². The Morgan fingerprint density at radius 1 is 0.907 bits per heavy atom. The molecule has 2 fully saturated rings. The number of hydrogen-bond donors (Lipinski definition) is 0. The van der Waals surface area contributed by atoms with Gasteiger partial charge >= 0.3 is 10.1 Å². The maximum Gasteiger partial charge on any atom is 0.339 e. The standard InChI is InChI=1S/C30H25Br2ClN2O7S/c1-17-6-12-20(13-7-17)43(40,41)42-19-10-8-18(9-11-19)27(36)16-34(28(37)21-4-2-3-5-26(21)33)35-29(38)22-14-24(31)25(32)15-23(22)30(35)39/h2-13,22-25H,14-16H2,1H3/t22-,23-,24+,25+/m1/s1. The minimum atomic E-state index is -4.11. The second-order valence-electron chi connectivity index (χ2n) is 10.3. The Labute approximate surface area is 270 Å². The van der Waals surface area contributed by atoms with E-state index < -0.39 is 52.0 Å². The van der Waals surface area contributed by atoms with Crippen LogP contribution in [0.25, 0.3) is 0 Å². The Balaban J connectivity index is 1.40. The van der Waals surface area contributed by atoms with E-state index in [1.807, 2.05) is 6.92 Å². The number of aryl methyl sites for hydroxylation is 1. The molecule has 3 aromatic carbocycles. The molecular formula is C30H25Br2ClN2O7S. The molecule has 0 N–H and O–H groups in total. The minimum Gasteiger partial charge on any atom is -0.379 e. The molecular weight excluding hydrogens is 728 g/mol. The lowest BCUT2D eigenvalue weighted by molar-refractivity contribution is -0.154. The van der Waals surface area contributed by atoms with Gasteiger partial charge in [-0.3, -0.25) is 19.2 Å². The zero-order valence-electron chi connectivity index (χ0n) is 22.7. The van der Waals surface area contributed by atoms with Gasteiger partial charge in [-0.05, 0) is 68.3 Å². The van der Waals surface area contributed by atoms with Crippen molar-refractivity contribution >= 4 is 77.1 Å². The minimum absolute atomic E-state index is 0.0224. The first-order valence-electron chi connectivity index (χ1n) is 13.2. The number of fused-ring (bicyclic) bond motifs is 1. The Bertz CT molecular complexity index is 1670. The third-order valence-corrected chi connectivity index (χ3v) is 11.8. The lowest BCUT2D eigenvalue weighted by atomic mass is 9.81. The zero-order valence-corrected chi connectivity index (χ0v) is 27.4. The fourth-order valence-electron chi connectivity index (χ4n) is 5.13. The van der Waals surface area contributed by atoms with Crippen LogP contribution in [0.1, 0.15) is 39.1 Å². The van der Waals surface area contributed by atoms with Crippen LogP contribution >= 0.6 is 43.5 Å². The second kappa shape index (κ2) is 12.5. The summed E-state index contributed by atoms with van der Waals surface area (Å²) in [6, 6.07) is 17.6. The summed E-state index contributed by atoms with van der Waals surface area (Å²) in [6.07, 6.45) is 0.771. The summed E-state index contributed by atoms with van der Waals surface area (Å²) >= 11 is 13.4. The van der Waals surface area contributed by atoms with Crippen molar-refractivity contribution in [1.82, 2.24) is 10.0 Å². The summed E-state index contributed by atoms with van der Waals surface area (Å²) in [5.41, 5.74) is 1.02. The Morgan fingerprint density at radius 2 is 1.47 bits per heavy atom. The van der Waals surface area contributed by atoms with E-state index in [1.54, 1.807) is 24.3 Å². The molecule has 13 heteroatoms. The van der Waals surface area contributed by atoms with E-state index in [9.17, 15) is 27.6 Å². The Morgan fingerprint density at radius 3 is 2.02 bits per heavy atom. The summed E-state index contributed by atoms with van der Waals surface area (Å²) in [4.78, 5) is 54.2. The van der Waals surface area contributed by atoms with E-state index in [0.29, 0.717) is 12.8 Å². The SMILES string of the molecule is Cc1ccc(S(=O)(=O)Oc2ccc(C(=O)CN(C(=O)c3ccccc3Cl)N3C(=O)[C@@H]4C[C@H](Br)[C@@H](Br)C[C@H]4C3=O)cc2)cc1. The van der Waals surface area contributed by atoms with Crippen LogP contribution in [0.2, 0.25) is 5.02 Å². The molecule has 0 bridgehead atoms. The molecule has 1 aliphatic heterocycles. The molecule has 5 rings (SSSR count). The van der Waals surface area contributed by atoms with Crippen molar-refractivity contribution in [3.63, 3.8) is 0 Å². The fourth-order valence-corrected chi connectivity index (χ4v) is 7.51. The van der Waals surface area contributed by atoms with Crippen LogP contribution in [-0.4, -0.2) is 58.1 Å². The highest BCUT2D eigenvalue weighted by Crippen LogP contribution is 2.44.